The molecule has 0 radical (unpaired) electrons. The molecule has 0 spiro atoms. The van der Waals surface area contributed by atoms with Crippen molar-refractivity contribution in [2.45, 2.75) is 0 Å². The molecule has 0 fully saturated rings. The fourth-order valence-electron chi connectivity index (χ4n) is 1.44. The minimum atomic E-state index is 0.442. The maximum absolute atomic E-state index is 5.82. The predicted molar refractivity (Wildman–Crippen MR) is 65.6 cm³/mol. The average molecular weight is 235 g/mol. The van der Waals surface area contributed by atoms with Gasteiger partial charge in [0.2, 0.25) is 5.88 Å². The minimum absolute atomic E-state index is 0.442. The molecule has 0 unspecified atom stereocenters. The van der Waals surface area contributed by atoms with E-state index in [1.54, 1.807) is 13.3 Å². The van der Waals surface area contributed by atoms with Crippen molar-refractivity contribution in [2.24, 2.45) is 0 Å². The molecular formula is C12H11ClN2O. The third-order valence-electron chi connectivity index (χ3n) is 2.25. The van der Waals surface area contributed by atoms with E-state index in [-0.39, 0.29) is 0 Å². The van der Waals surface area contributed by atoms with Gasteiger partial charge in [-0.05, 0) is 23.8 Å². The first kappa shape index (κ1) is 10.8. The van der Waals surface area contributed by atoms with Crippen LogP contribution in [0.5, 0.6) is 5.88 Å². The van der Waals surface area contributed by atoms with Gasteiger partial charge in [-0.25, -0.2) is 4.98 Å². The first-order valence-electron chi connectivity index (χ1n) is 4.76. The van der Waals surface area contributed by atoms with Crippen molar-refractivity contribution < 1.29 is 4.74 Å². The van der Waals surface area contributed by atoms with Crippen LogP contribution < -0.4 is 10.5 Å². The van der Waals surface area contributed by atoms with Crippen LogP contribution in [0.15, 0.2) is 36.5 Å². The number of nitrogens with zero attached hydrogens (tertiary/aromatic N) is 1. The van der Waals surface area contributed by atoms with Gasteiger partial charge in [0.25, 0.3) is 0 Å². The molecule has 0 aliphatic rings. The molecule has 0 aliphatic heterocycles. The van der Waals surface area contributed by atoms with Crippen molar-refractivity contribution in [1.29, 1.82) is 0 Å². The number of rotatable bonds is 2. The maximum Gasteiger partial charge on any atom is 0.236 e. The van der Waals surface area contributed by atoms with E-state index in [9.17, 15) is 0 Å². The van der Waals surface area contributed by atoms with Crippen molar-refractivity contribution >= 4 is 17.3 Å². The lowest BCUT2D eigenvalue weighted by molar-refractivity contribution is 0.400. The van der Waals surface area contributed by atoms with E-state index >= 15 is 0 Å². The Balaban J connectivity index is 2.41. The second-order valence-electron chi connectivity index (χ2n) is 3.33. The monoisotopic (exact) mass is 234 g/mol. The zero-order chi connectivity index (χ0) is 11.5. The lowest BCUT2D eigenvalue weighted by Crippen LogP contribution is -1.95. The summed E-state index contributed by atoms with van der Waals surface area (Å²) in [6.45, 7) is 0. The van der Waals surface area contributed by atoms with Crippen molar-refractivity contribution in [2.75, 3.05) is 12.8 Å². The van der Waals surface area contributed by atoms with Crippen LogP contribution in [0.3, 0.4) is 0 Å². The van der Waals surface area contributed by atoms with Crippen LogP contribution in [0, 0.1) is 0 Å². The number of aromatic nitrogens is 1. The van der Waals surface area contributed by atoms with Crippen molar-refractivity contribution in [3.63, 3.8) is 0 Å². The van der Waals surface area contributed by atoms with Crippen molar-refractivity contribution in [1.82, 2.24) is 4.98 Å². The van der Waals surface area contributed by atoms with Crippen LogP contribution in [0.1, 0.15) is 0 Å². The Hall–Kier alpha value is -1.74. The molecule has 0 atom stereocenters. The van der Waals surface area contributed by atoms with Gasteiger partial charge in [-0.3, -0.25) is 0 Å². The maximum atomic E-state index is 5.82. The summed E-state index contributed by atoms with van der Waals surface area (Å²) in [4.78, 5) is 4.12. The highest BCUT2D eigenvalue weighted by Gasteiger charge is 2.04. The largest absolute Gasteiger partial charge is 0.480 e. The third kappa shape index (κ3) is 2.09. The molecule has 1 aromatic carbocycles. The Kier molecular flexibility index (Phi) is 2.97. The Labute approximate surface area is 98.8 Å². The SMILES string of the molecule is COc1ncc(-c2ccc(Cl)cc2)cc1N. The van der Waals surface area contributed by atoms with E-state index in [1.807, 2.05) is 30.3 Å². The highest BCUT2D eigenvalue weighted by molar-refractivity contribution is 6.30. The van der Waals surface area contributed by atoms with Crippen molar-refractivity contribution in [3.05, 3.63) is 41.6 Å². The van der Waals surface area contributed by atoms with Gasteiger partial charge in [-0.1, -0.05) is 23.7 Å². The molecule has 0 bridgehead atoms. The van der Waals surface area contributed by atoms with Crippen LogP contribution in [0.25, 0.3) is 11.1 Å². The summed E-state index contributed by atoms with van der Waals surface area (Å²) in [6, 6.07) is 9.33. The van der Waals surface area contributed by atoms with E-state index in [0.29, 0.717) is 16.6 Å². The van der Waals surface area contributed by atoms with Crippen molar-refractivity contribution in [3.8, 4) is 17.0 Å². The number of benzene rings is 1. The van der Waals surface area contributed by atoms with Gasteiger partial charge in [0.15, 0.2) is 0 Å². The van der Waals surface area contributed by atoms with E-state index in [1.165, 1.54) is 0 Å². The summed E-state index contributed by atoms with van der Waals surface area (Å²) in [5.41, 5.74) is 8.27. The number of anilines is 1. The fraction of sp³-hybridized carbons (Fsp3) is 0.0833. The number of pyridine rings is 1. The van der Waals surface area contributed by atoms with E-state index in [2.05, 4.69) is 4.98 Å². The molecule has 0 saturated heterocycles. The normalized spacial score (nSPS) is 10.1. The molecule has 0 amide bonds. The third-order valence-corrected chi connectivity index (χ3v) is 2.50. The smallest absolute Gasteiger partial charge is 0.236 e. The first-order valence-corrected chi connectivity index (χ1v) is 5.14. The van der Waals surface area contributed by atoms with Gasteiger partial charge in [0, 0.05) is 16.8 Å². The van der Waals surface area contributed by atoms with Gasteiger partial charge < -0.3 is 10.5 Å². The Bertz CT molecular complexity index is 497. The fourth-order valence-corrected chi connectivity index (χ4v) is 1.57. The lowest BCUT2D eigenvalue weighted by Gasteiger charge is -2.06. The molecule has 2 N–H and O–H groups in total. The molecule has 4 heteroatoms. The van der Waals surface area contributed by atoms with Crippen LogP contribution in [-0.4, -0.2) is 12.1 Å². The second-order valence-corrected chi connectivity index (χ2v) is 3.77. The zero-order valence-electron chi connectivity index (χ0n) is 8.77. The van der Waals surface area contributed by atoms with Gasteiger partial charge in [0.05, 0.1) is 12.8 Å². The highest BCUT2D eigenvalue weighted by Crippen LogP contribution is 2.26. The van der Waals surface area contributed by atoms with E-state index in [4.69, 9.17) is 22.1 Å². The number of hydrogen-bond acceptors (Lipinski definition) is 3. The first-order chi connectivity index (χ1) is 7.70. The summed E-state index contributed by atoms with van der Waals surface area (Å²) in [5.74, 6) is 0.442. The van der Waals surface area contributed by atoms with Gasteiger partial charge in [0.1, 0.15) is 0 Å². The van der Waals surface area contributed by atoms with Gasteiger partial charge >= 0.3 is 0 Å². The summed E-state index contributed by atoms with van der Waals surface area (Å²) < 4.78 is 5.00. The van der Waals surface area contributed by atoms with E-state index < -0.39 is 0 Å². The summed E-state index contributed by atoms with van der Waals surface area (Å²) >= 11 is 5.82. The molecular weight excluding hydrogens is 224 g/mol. The number of halogens is 1. The molecule has 1 heterocycles. The Morgan fingerprint density at radius 3 is 2.44 bits per heavy atom. The molecule has 2 aromatic rings. The number of hydrogen-bond donors (Lipinski definition) is 1. The molecule has 1 aromatic heterocycles. The number of nitrogens with two attached hydrogens (primary N) is 1. The predicted octanol–water partition coefficient (Wildman–Crippen LogP) is 2.99. The Morgan fingerprint density at radius 1 is 1.19 bits per heavy atom. The van der Waals surface area contributed by atoms with Crippen LogP contribution in [0.2, 0.25) is 5.02 Å². The second kappa shape index (κ2) is 4.41. The van der Waals surface area contributed by atoms with E-state index in [0.717, 1.165) is 11.1 Å². The number of nitrogen functional groups attached to an aromatic ring is 1. The standard InChI is InChI=1S/C12H11ClN2O/c1-16-12-11(14)6-9(7-15-12)8-2-4-10(13)5-3-8/h2-7H,14H2,1H3. The molecule has 0 aliphatic carbocycles. The summed E-state index contributed by atoms with van der Waals surface area (Å²) in [7, 11) is 1.54. The average Bonchev–Trinajstić information content (AvgIpc) is 2.30. The molecule has 16 heavy (non-hydrogen) atoms. The van der Waals surface area contributed by atoms with Crippen LogP contribution in [0.4, 0.5) is 5.69 Å². The van der Waals surface area contributed by atoms with Crippen LogP contribution in [-0.2, 0) is 0 Å². The number of ether oxygens (including phenoxy) is 1. The zero-order valence-corrected chi connectivity index (χ0v) is 9.53. The molecule has 82 valence electrons. The minimum Gasteiger partial charge on any atom is -0.480 e. The molecule has 2 rings (SSSR count). The Morgan fingerprint density at radius 2 is 1.88 bits per heavy atom. The topological polar surface area (TPSA) is 48.1 Å². The van der Waals surface area contributed by atoms with Gasteiger partial charge in [-0.2, -0.15) is 0 Å². The van der Waals surface area contributed by atoms with Crippen LogP contribution >= 0.6 is 11.6 Å². The quantitative estimate of drug-likeness (QED) is 0.869. The summed E-state index contributed by atoms with van der Waals surface area (Å²) in [5, 5.41) is 0.707. The number of methoxy groups -OCH3 is 1. The molecule has 3 nitrogen and oxygen atoms in total. The van der Waals surface area contributed by atoms with Gasteiger partial charge in [-0.15, -0.1) is 0 Å². The highest BCUT2D eigenvalue weighted by atomic mass is 35.5. The summed E-state index contributed by atoms with van der Waals surface area (Å²) in [6.07, 6.45) is 1.72. The molecule has 0 saturated carbocycles. The lowest BCUT2D eigenvalue weighted by atomic mass is 10.1.